The van der Waals surface area contributed by atoms with E-state index < -0.39 is 6.04 Å². The molecule has 3 aromatic rings. The molecule has 0 unspecified atom stereocenters. The second kappa shape index (κ2) is 11.6. The molecule has 0 spiro atoms. The summed E-state index contributed by atoms with van der Waals surface area (Å²) in [6, 6.07) is 15.7. The molecule has 9 nitrogen and oxygen atoms in total. The maximum Gasteiger partial charge on any atom is 0.253 e. The second-order valence-corrected chi connectivity index (χ2v) is 10.8. The van der Waals surface area contributed by atoms with Gasteiger partial charge in [-0.25, -0.2) is 0 Å². The quantitative estimate of drug-likeness (QED) is 0.521. The third-order valence-corrected chi connectivity index (χ3v) is 8.17. The van der Waals surface area contributed by atoms with Gasteiger partial charge in [0.1, 0.15) is 11.8 Å². The van der Waals surface area contributed by atoms with E-state index in [9.17, 15) is 19.2 Å². The molecule has 0 aromatic heterocycles. The zero-order chi connectivity index (χ0) is 29.3. The van der Waals surface area contributed by atoms with Crippen LogP contribution in [0.25, 0.3) is 10.8 Å². The van der Waals surface area contributed by atoms with Crippen molar-refractivity contribution in [3.63, 3.8) is 0 Å². The Bertz CT molecular complexity index is 1520. The molecule has 4 amide bonds. The number of amides is 4. The standard InChI is InChI=1S/C32H36N4O5/c1-5-20(2)30(38)33-25-19-35-26-9-6-7-10-27(26)36(32(25)40)18-24-23-14-12-22(17-21(23)13-15-28(24)41-4)31(39)34(3)16-8-11-29(35)37/h6-7,9-10,12-15,17,20,25H,5,8,11,16,18-19H2,1-4H3,(H,33,38)/t20-,25+/m1/s1. The number of carbonyl (C=O) groups excluding carboxylic acids is 4. The number of para-hydroxylation sites is 2. The largest absolute Gasteiger partial charge is 0.496 e. The summed E-state index contributed by atoms with van der Waals surface area (Å²) in [6.07, 6.45) is 1.26. The summed E-state index contributed by atoms with van der Waals surface area (Å²) in [6.45, 7) is 4.29. The smallest absolute Gasteiger partial charge is 0.253 e. The van der Waals surface area contributed by atoms with Gasteiger partial charge in [0.05, 0.1) is 31.6 Å². The molecule has 3 aliphatic rings. The highest BCUT2D eigenvalue weighted by atomic mass is 16.5. The number of nitrogens with one attached hydrogen (secondary N) is 1. The van der Waals surface area contributed by atoms with Gasteiger partial charge in [0.25, 0.3) is 11.8 Å². The summed E-state index contributed by atoms with van der Waals surface area (Å²) in [4.78, 5) is 59.1. The van der Waals surface area contributed by atoms with E-state index in [2.05, 4.69) is 5.32 Å². The number of carbonyl (C=O) groups is 4. The number of hydrogen-bond acceptors (Lipinski definition) is 5. The number of ether oxygens (including phenoxy) is 1. The molecule has 2 atom stereocenters. The lowest BCUT2D eigenvalue weighted by Gasteiger charge is -2.27. The van der Waals surface area contributed by atoms with Crippen LogP contribution in [0.3, 0.4) is 0 Å². The third-order valence-electron chi connectivity index (χ3n) is 8.17. The number of rotatable bonds is 4. The van der Waals surface area contributed by atoms with Crippen LogP contribution in [0.5, 0.6) is 5.75 Å². The Morgan fingerprint density at radius 2 is 1.78 bits per heavy atom. The lowest BCUT2D eigenvalue weighted by Crippen LogP contribution is -2.53. The first-order chi connectivity index (χ1) is 19.7. The maximum atomic E-state index is 14.3. The van der Waals surface area contributed by atoms with E-state index in [1.165, 1.54) is 0 Å². The van der Waals surface area contributed by atoms with Gasteiger partial charge < -0.3 is 24.8 Å². The lowest BCUT2D eigenvalue weighted by atomic mass is 9.99. The molecule has 9 heteroatoms. The second-order valence-electron chi connectivity index (χ2n) is 10.8. The van der Waals surface area contributed by atoms with Crippen LogP contribution in [0.4, 0.5) is 11.4 Å². The maximum absolute atomic E-state index is 14.3. The Morgan fingerprint density at radius 1 is 1.05 bits per heavy atom. The van der Waals surface area contributed by atoms with Crippen LogP contribution in [-0.2, 0) is 20.9 Å². The molecule has 0 radical (unpaired) electrons. The molecule has 0 saturated carbocycles. The molecule has 3 heterocycles. The van der Waals surface area contributed by atoms with E-state index in [1.807, 2.05) is 62.4 Å². The van der Waals surface area contributed by atoms with Crippen molar-refractivity contribution in [1.29, 1.82) is 0 Å². The average molecular weight is 557 g/mol. The molecule has 0 saturated heterocycles. The van der Waals surface area contributed by atoms with Gasteiger partial charge in [-0.3, -0.25) is 19.2 Å². The van der Waals surface area contributed by atoms with Gasteiger partial charge in [-0.2, -0.15) is 0 Å². The Balaban J connectivity index is 1.71. The highest BCUT2D eigenvalue weighted by Gasteiger charge is 2.37. The molecule has 214 valence electrons. The van der Waals surface area contributed by atoms with Gasteiger partial charge in [-0.05, 0) is 53.9 Å². The predicted molar refractivity (Wildman–Crippen MR) is 158 cm³/mol. The van der Waals surface area contributed by atoms with Crippen LogP contribution >= 0.6 is 0 Å². The Kier molecular flexibility index (Phi) is 7.97. The molecule has 6 bridgehead atoms. The molecular formula is C32H36N4O5. The Labute approximate surface area is 240 Å². The van der Waals surface area contributed by atoms with Crippen LogP contribution in [0.2, 0.25) is 0 Å². The van der Waals surface area contributed by atoms with Gasteiger partial charge >= 0.3 is 0 Å². The van der Waals surface area contributed by atoms with E-state index in [0.29, 0.717) is 42.1 Å². The number of nitrogens with zero attached hydrogens (tertiary/aromatic N) is 3. The van der Waals surface area contributed by atoms with Crippen LogP contribution in [-0.4, -0.2) is 61.8 Å². The normalized spacial score (nSPS) is 18.6. The van der Waals surface area contributed by atoms with E-state index in [4.69, 9.17) is 4.74 Å². The number of anilines is 2. The van der Waals surface area contributed by atoms with Crippen molar-refractivity contribution in [2.24, 2.45) is 5.92 Å². The van der Waals surface area contributed by atoms with Gasteiger partial charge in [-0.15, -0.1) is 0 Å². The first-order valence-electron chi connectivity index (χ1n) is 14.1. The third kappa shape index (κ3) is 5.36. The first-order valence-corrected chi connectivity index (χ1v) is 14.1. The average Bonchev–Trinajstić information content (AvgIpc) is 3.10. The van der Waals surface area contributed by atoms with Crippen molar-refractivity contribution in [3.05, 3.63) is 65.7 Å². The topological polar surface area (TPSA) is 99.3 Å². The van der Waals surface area contributed by atoms with Gasteiger partial charge in [0.15, 0.2) is 0 Å². The van der Waals surface area contributed by atoms with E-state index in [-0.39, 0.29) is 49.1 Å². The molecular weight excluding hydrogens is 520 g/mol. The van der Waals surface area contributed by atoms with Gasteiger partial charge in [0, 0.05) is 37.1 Å². The zero-order valence-electron chi connectivity index (χ0n) is 24.0. The van der Waals surface area contributed by atoms with Crippen LogP contribution < -0.4 is 19.9 Å². The monoisotopic (exact) mass is 556 g/mol. The molecule has 41 heavy (non-hydrogen) atoms. The predicted octanol–water partition coefficient (Wildman–Crippen LogP) is 4.12. The molecule has 3 aliphatic heterocycles. The van der Waals surface area contributed by atoms with Crippen LogP contribution in [0, 0.1) is 5.92 Å². The fraction of sp³-hybridized carbons (Fsp3) is 0.375. The minimum absolute atomic E-state index is 0.0117. The van der Waals surface area contributed by atoms with E-state index in [0.717, 1.165) is 16.3 Å². The Morgan fingerprint density at radius 3 is 2.49 bits per heavy atom. The Hall–Kier alpha value is -4.40. The lowest BCUT2D eigenvalue weighted by molar-refractivity contribution is -0.129. The highest BCUT2D eigenvalue weighted by molar-refractivity contribution is 6.08. The van der Waals surface area contributed by atoms with Crippen molar-refractivity contribution in [2.75, 3.05) is 37.0 Å². The number of fused-ring (bicyclic) bond motifs is 6. The van der Waals surface area contributed by atoms with Crippen molar-refractivity contribution in [2.45, 2.75) is 45.7 Å². The highest BCUT2D eigenvalue weighted by Crippen LogP contribution is 2.37. The van der Waals surface area contributed by atoms with E-state index in [1.54, 1.807) is 34.9 Å². The van der Waals surface area contributed by atoms with Crippen molar-refractivity contribution >= 4 is 45.8 Å². The fourth-order valence-corrected chi connectivity index (χ4v) is 5.54. The summed E-state index contributed by atoms with van der Waals surface area (Å²) in [7, 11) is 3.31. The first kappa shape index (κ1) is 28.1. The summed E-state index contributed by atoms with van der Waals surface area (Å²) >= 11 is 0. The summed E-state index contributed by atoms with van der Waals surface area (Å²) in [5, 5.41) is 4.63. The number of hydrogen-bond donors (Lipinski definition) is 1. The van der Waals surface area contributed by atoms with Crippen molar-refractivity contribution < 1.29 is 23.9 Å². The van der Waals surface area contributed by atoms with E-state index >= 15 is 0 Å². The molecule has 6 rings (SSSR count). The van der Waals surface area contributed by atoms with Crippen molar-refractivity contribution in [1.82, 2.24) is 10.2 Å². The summed E-state index contributed by atoms with van der Waals surface area (Å²) in [5.41, 5.74) is 2.50. The minimum atomic E-state index is -0.944. The SMILES string of the molecule is CC[C@@H](C)C(=O)N[C@H]1CN2C(=O)CCCN(C)C(=O)c3ccc4c(c(OC)ccc4c3)CN(C1=O)c1ccccc12. The molecule has 0 fully saturated rings. The van der Waals surface area contributed by atoms with Crippen molar-refractivity contribution in [3.8, 4) is 5.75 Å². The summed E-state index contributed by atoms with van der Waals surface area (Å²) < 4.78 is 5.74. The molecule has 3 aromatic carbocycles. The molecule has 1 N–H and O–H groups in total. The van der Waals surface area contributed by atoms with Crippen LogP contribution in [0.15, 0.2) is 54.6 Å². The van der Waals surface area contributed by atoms with Gasteiger partial charge in [-0.1, -0.05) is 38.1 Å². The molecule has 0 aliphatic carbocycles. The number of methoxy groups -OCH3 is 1. The van der Waals surface area contributed by atoms with Crippen LogP contribution in [0.1, 0.15) is 49.0 Å². The van der Waals surface area contributed by atoms with Gasteiger partial charge in [0.2, 0.25) is 11.8 Å². The minimum Gasteiger partial charge on any atom is -0.496 e. The number of benzene rings is 3. The fourth-order valence-electron chi connectivity index (χ4n) is 5.54. The summed E-state index contributed by atoms with van der Waals surface area (Å²) in [5.74, 6) is -0.527. The zero-order valence-corrected chi connectivity index (χ0v) is 24.0.